The zero-order valence-electron chi connectivity index (χ0n) is 12.3. The first-order chi connectivity index (χ1) is 9.28. The van der Waals surface area contributed by atoms with E-state index in [1.54, 1.807) is 7.11 Å². The molecule has 19 heavy (non-hydrogen) atoms. The van der Waals surface area contributed by atoms with Crippen LogP contribution >= 0.6 is 0 Å². The monoisotopic (exact) mass is 261 g/mol. The number of aryl methyl sites for hydroxylation is 1. The van der Waals surface area contributed by atoms with E-state index in [9.17, 15) is 0 Å². The smallest absolute Gasteiger partial charge is 0.118 e. The molecule has 1 aliphatic carbocycles. The van der Waals surface area contributed by atoms with Gasteiger partial charge in [0.15, 0.2) is 0 Å². The second-order valence-electron chi connectivity index (χ2n) is 5.83. The lowest BCUT2D eigenvalue weighted by atomic mass is 9.83. The molecule has 1 aromatic rings. The Morgan fingerprint density at radius 1 is 1.26 bits per heavy atom. The molecule has 0 saturated heterocycles. The molecule has 0 bridgehead atoms. The van der Waals surface area contributed by atoms with Gasteiger partial charge in [0.1, 0.15) is 5.75 Å². The number of hydrogen-bond acceptors (Lipinski definition) is 2. The Morgan fingerprint density at radius 3 is 2.58 bits per heavy atom. The summed E-state index contributed by atoms with van der Waals surface area (Å²) in [5, 5.41) is 3.65. The van der Waals surface area contributed by atoms with E-state index in [4.69, 9.17) is 4.74 Å². The SMILES string of the molecule is COc1ccc(CCC(C)NCCC2CCC2)cc1. The predicted molar refractivity (Wildman–Crippen MR) is 80.7 cm³/mol. The molecule has 0 spiro atoms. The third-order valence-corrected chi connectivity index (χ3v) is 4.30. The molecule has 1 fully saturated rings. The Bertz CT molecular complexity index is 356. The Hall–Kier alpha value is -1.02. The van der Waals surface area contributed by atoms with Gasteiger partial charge in [-0.2, -0.15) is 0 Å². The Kier molecular flexibility index (Phi) is 5.71. The maximum Gasteiger partial charge on any atom is 0.118 e. The van der Waals surface area contributed by atoms with Crippen molar-refractivity contribution in [3.8, 4) is 5.75 Å². The van der Waals surface area contributed by atoms with Crippen LogP contribution in [0.3, 0.4) is 0 Å². The van der Waals surface area contributed by atoms with Gasteiger partial charge in [0, 0.05) is 6.04 Å². The third-order valence-electron chi connectivity index (χ3n) is 4.30. The fourth-order valence-electron chi connectivity index (χ4n) is 2.59. The lowest BCUT2D eigenvalue weighted by molar-refractivity contribution is 0.287. The van der Waals surface area contributed by atoms with E-state index < -0.39 is 0 Å². The maximum atomic E-state index is 5.17. The molecule has 0 aromatic heterocycles. The van der Waals surface area contributed by atoms with Gasteiger partial charge >= 0.3 is 0 Å². The predicted octanol–water partition coefficient (Wildman–Crippen LogP) is 3.80. The summed E-state index contributed by atoms with van der Waals surface area (Å²) in [6.45, 7) is 3.48. The third kappa shape index (κ3) is 4.87. The fourth-order valence-corrected chi connectivity index (χ4v) is 2.59. The first-order valence-corrected chi connectivity index (χ1v) is 7.64. The van der Waals surface area contributed by atoms with Crippen LogP contribution in [0.1, 0.15) is 44.6 Å². The van der Waals surface area contributed by atoms with Crippen LogP contribution in [0.15, 0.2) is 24.3 Å². The lowest BCUT2D eigenvalue weighted by Crippen LogP contribution is -2.29. The first kappa shape index (κ1) is 14.4. The highest BCUT2D eigenvalue weighted by molar-refractivity contribution is 5.27. The van der Waals surface area contributed by atoms with E-state index in [0.717, 1.165) is 18.1 Å². The molecule has 1 N–H and O–H groups in total. The summed E-state index contributed by atoms with van der Waals surface area (Å²) in [6.07, 6.45) is 8.09. The Labute approximate surface area is 117 Å². The average Bonchev–Trinajstić information content (AvgIpc) is 2.40. The second kappa shape index (κ2) is 7.54. The Morgan fingerprint density at radius 2 is 2.00 bits per heavy atom. The molecule has 0 radical (unpaired) electrons. The molecule has 2 heteroatoms. The van der Waals surface area contributed by atoms with E-state index in [1.807, 2.05) is 12.1 Å². The van der Waals surface area contributed by atoms with Crippen LogP contribution in [-0.2, 0) is 6.42 Å². The molecule has 1 aromatic carbocycles. The Balaban J connectivity index is 1.60. The molecule has 0 heterocycles. The minimum Gasteiger partial charge on any atom is -0.497 e. The number of rotatable bonds is 8. The largest absolute Gasteiger partial charge is 0.497 e. The molecule has 1 unspecified atom stereocenters. The summed E-state index contributed by atoms with van der Waals surface area (Å²) in [5.74, 6) is 1.96. The fraction of sp³-hybridized carbons (Fsp3) is 0.647. The molecule has 1 saturated carbocycles. The van der Waals surface area contributed by atoms with Crippen molar-refractivity contribution in [2.75, 3.05) is 13.7 Å². The van der Waals surface area contributed by atoms with Gasteiger partial charge in [0.05, 0.1) is 7.11 Å². The van der Waals surface area contributed by atoms with Gasteiger partial charge < -0.3 is 10.1 Å². The van der Waals surface area contributed by atoms with Crippen LogP contribution in [0.2, 0.25) is 0 Å². The molecule has 1 atom stereocenters. The standard InChI is InChI=1S/C17H27NO/c1-14(18-13-12-15-4-3-5-15)6-7-16-8-10-17(19-2)11-9-16/h8-11,14-15,18H,3-7,12-13H2,1-2H3. The zero-order chi connectivity index (χ0) is 13.5. The summed E-state index contributed by atoms with van der Waals surface area (Å²) >= 11 is 0. The van der Waals surface area contributed by atoms with Crippen LogP contribution in [0.4, 0.5) is 0 Å². The maximum absolute atomic E-state index is 5.17. The van der Waals surface area contributed by atoms with Crippen LogP contribution in [0.5, 0.6) is 5.75 Å². The molecule has 0 aliphatic heterocycles. The molecule has 2 nitrogen and oxygen atoms in total. The number of methoxy groups -OCH3 is 1. The van der Waals surface area contributed by atoms with Crippen molar-refractivity contribution in [1.82, 2.24) is 5.32 Å². The number of ether oxygens (including phenoxy) is 1. The molecular formula is C17H27NO. The minimum atomic E-state index is 0.613. The topological polar surface area (TPSA) is 21.3 Å². The van der Waals surface area contributed by atoms with Gasteiger partial charge in [0.2, 0.25) is 0 Å². The summed E-state index contributed by atoms with van der Waals surface area (Å²) < 4.78 is 5.17. The zero-order valence-corrected chi connectivity index (χ0v) is 12.3. The highest BCUT2D eigenvalue weighted by Gasteiger charge is 2.16. The number of hydrogen-bond donors (Lipinski definition) is 1. The van der Waals surface area contributed by atoms with Crippen molar-refractivity contribution < 1.29 is 4.74 Å². The van der Waals surface area contributed by atoms with Gasteiger partial charge in [-0.3, -0.25) is 0 Å². The summed E-state index contributed by atoms with van der Waals surface area (Å²) in [6, 6.07) is 9.04. The highest BCUT2D eigenvalue weighted by atomic mass is 16.5. The number of benzene rings is 1. The van der Waals surface area contributed by atoms with Crippen molar-refractivity contribution in [2.45, 2.75) is 51.5 Å². The van der Waals surface area contributed by atoms with E-state index >= 15 is 0 Å². The van der Waals surface area contributed by atoms with Crippen LogP contribution in [0.25, 0.3) is 0 Å². The molecule has 106 valence electrons. The quantitative estimate of drug-likeness (QED) is 0.768. The van der Waals surface area contributed by atoms with E-state index in [2.05, 4.69) is 24.4 Å². The van der Waals surface area contributed by atoms with Crippen LogP contribution in [0, 0.1) is 5.92 Å². The molecule has 0 amide bonds. The summed E-state index contributed by atoms with van der Waals surface area (Å²) in [5.41, 5.74) is 1.40. The molecule has 1 aliphatic rings. The van der Waals surface area contributed by atoms with Crippen molar-refractivity contribution in [2.24, 2.45) is 5.92 Å². The first-order valence-electron chi connectivity index (χ1n) is 7.64. The van der Waals surface area contributed by atoms with Gasteiger partial charge in [-0.25, -0.2) is 0 Å². The van der Waals surface area contributed by atoms with Crippen LogP contribution in [-0.4, -0.2) is 19.7 Å². The van der Waals surface area contributed by atoms with Gasteiger partial charge in [-0.1, -0.05) is 31.4 Å². The van der Waals surface area contributed by atoms with Gasteiger partial charge in [-0.05, 0) is 56.3 Å². The minimum absolute atomic E-state index is 0.613. The van der Waals surface area contributed by atoms with E-state index in [0.29, 0.717) is 6.04 Å². The normalized spacial score (nSPS) is 16.9. The lowest BCUT2D eigenvalue weighted by Gasteiger charge is -2.26. The number of nitrogens with one attached hydrogen (secondary N) is 1. The van der Waals surface area contributed by atoms with Crippen molar-refractivity contribution in [3.05, 3.63) is 29.8 Å². The van der Waals surface area contributed by atoms with Crippen molar-refractivity contribution in [1.29, 1.82) is 0 Å². The average molecular weight is 261 g/mol. The summed E-state index contributed by atoms with van der Waals surface area (Å²) in [4.78, 5) is 0. The van der Waals surface area contributed by atoms with Crippen molar-refractivity contribution >= 4 is 0 Å². The molecular weight excluding hydrogens is 234 g/mol. The molecule has 2 rings (SSSR count). The van der Waals surface area contributed by atoms with Crippen molar-refractivity contribution in [3.63, 3.8) is 0 Å². The van der Waals surface area contributed by atoms with Gasteiger partial charge in [0.25, 0.3) is 0 Å². The van der Waals surface area contributed by atoms with Gasteiger partial charge in [-0.15, -0.1) is 0 Å². The highest BCUT2D eigenvalue weighted by Crippen LogP contribution is 2.28. The summed E-state index contributed by atoms with van der Waals surface area (Å²) in [7, 11) is 1.71. The second-order valence-corrected chi connectivity index (χ2v) is 5.83. The van der Waals surface area contributed by atoms with E-state index in [-0.39, 0.29) is 0 Å². The van der Waals surface area contributed by atoms with E-state index in [1.165, 1.54) is 44.2 Å². The van der Waals surface area contributed by atoms with Crippen LogP contribution < -0.4 is 10.1 Å².